The van der Waals surface area contributed by atoms with Crippen LogP contribution in [0.3, 0.4) is 0 Å². The molecule has 0 aliphatic heterocycles. The van der Waals surface area contributed by atoms with Crippen LogP contribution in [0.1, 0.15) is 47.5 Å². The van der Waals surface area contributed by atoms with Crippen molar-refractivity contribution in [1.29, 1.82) is 0 Å². The topological polar surface area (TPSA) is 0 Å². The van der Waals surface area contributed by atoms with E-state index in [2.05, 4.69) is 53.3 Å². The molecule has 88 valence electrons. The average Bonchev–Trinajstić information content (AvgIpc) is 2.21. The Morgan fingerprint density at radius 1 is 0.933 bits per heavy atom. The van der Waals surface area contributed by atoms with E-state index in [0.29, 0.717) is 11.8 Å². The number of rotatable bonds is 7. The molecule has 0 amide bonds. The molecule has 0 saturated carbocycles. The van der Waals surface area contributed by atoms with E-state index < -0.39 is 0 Å². The molecule has 0 aromatic heterocycles. The van der Waals surface area contributed by atoms with Crippen LogP contribution in [0.2, 0.25) is 0 Å². The van der Waals surface area contributed by atoms with E-state index in [1.807, 2.05) is 6.08 Å². The maximum Gasteiger partial charge on any atom is -0.00845 e. The summed E-state index contributed by atoms with van der Waals surface area (Å²) < 4.78 is 0. The monoisotopic (exact) mass is 208 g/mol. The van der Waals surface area contributed by atoms with E-state index >= 15 is 0 Å². The summed E-state index contributed by atoms with van der Waals surface area (Å²) in [5.41, 5.74) is 0. The highest BCUT2D eigenvalue weighted by Gasteiger charge is 2.09. The fourth-order valence-corrected chi connectivity index (χ4v) is 1.48. The maximum atomic E-state index is 3.79. The molecule has 0 N–H and O–H groups in total. The SMILES string of the molecule is C=CC(C)/C=C\C(C)C(C)CCC(C)C. The lowest BCUT2D eigenvalue weighted by molar-refractivity contribution is 0.384. The van der Waals surface area contributed by atoms with Gasteiger partial charge in [0.15, 0.2) is 0 Å². The summed E-state index contributed by atoms with van der Waals surface area (Å²) in [5, 5.41) is 0. The van der Waals surface area contributed by atoms with Crippen molar-refractivity contribution in [2.24, 2.45) is 23.7 Å². The Morgan fingerprint density at radius 2 is 1.53 bits per heavy atom. The first-order valence-electron chi connectivity index (χ1n) is 6.28. The molecule has 0 radical (unpaired) electrons. The minimum absolute atomic E-state index is 0.504. The second-order valence-electron chi connectivity index (χ2n) is 5.29. The summed E-state index contributed by atoms with van der Waals surface area (Å²) >= 11 is 0. The van der Waals surface area contributed by atoms with Gasteiger partial charge in [-0.25, -0.2) is 0 Å². The van der Waals surface area contributed by atoms with Gasteiger partial charge in [-0.3, -0.25) is 0 Å². The van der Waals surface area contributed by atoms with Gasteiger partial charge in [0.25, 0.3) is 0 Å². The van der Waals surface area contributed by atoms with Crippen molar-refractivity contribution in [2.75, 3.05) is 0 Å². The van der Waals surface area contributed by atoms with E-state index in [0.717, 1.165) is 11.8 Å². The highest BCUT2D eigenvalue weighted by molar-refractivity contribution is 4.97. The van der Waals surface area contributed by atoms with Crippen LogP contribution >= 0.6 is 0 Å². The van der Waals surface area contributed by atoms with E-state index in [-0.39, 0.29) is 0 Å². The second-order valence-corrected chi connectivity index (χ2v) is 5.29. The molecular formula is C15H28. The Bertz CT molecular complexity index is 188. The summed E-state index contributed by atoms with van der Waals surface area (Å²) in [6, 6.07) is 0. The van der Waals surface area contributed by atoms with Crippen LogP contribution in [0.4, 0.5) is 0 Å². The quantitative estimate of drug-likeness (QED) is 0.512. The zero-order chi connectivity index (χ0) is 11.8. The predicted octanol–water partition coefficient (Wildman–Crippen LogP) is 5.07. The Kier molecular flexibility index (Phi) is 7.46. The molecule has 3 atom stereocenters. The van der Waals surface area contributed by atoms with Gasteiger partial charge in [-0.15, -0.1) is 6.58 Å². The fourth-order valence-electron chi connectivity index (χ4n) is 1.48. The van der Waals surface area contributed by atoms with Crippen LogP contribution in [-0.2, 0) is 0 Å². The van der Waals surface area contributed by atoms with Gasteiger partial charge in [0.2, 0.25) is 0 Å². The number of hydrogen-bond acceptors (Lipinski definition) is 0. The smallest absolute Gasteiger partial charge is 0.00845 e. The first-order valence-corrected chi connectivity index (χ1v) is 6.28. The van der Waals surface area contributed by atoms with Crippen LogP contribution in [0, 0.1) is 23.7 Å². The average molecular weight is 208 g/mol. The molecule has 3 unspecified atom stereocenters. The van der Waals surface area contributed by atoms with Crippen molar-refractivity contribution >= 4 is 0 Å². The van der Waals surface area contributed by atoms with Crippen molar-refractivity contribution in [3.63, 3.8) is 0 Å². The highest BCUT2D eigenvalue weighted by atomic mass is 14.1. The molecule has 0 bridgehead atoms. The third kappa shape index (κ3) is 7.41. The van der Waals surface area contributed by atoms with Gasteiger partial charge in [0.05, 0.1) is 0 Å². The Balaban J connectivity index is 3.92. The van der Waals surface area contributed by atoms with E-state index in [1.54, 1.807) is 0 Å². The van der Waals surface area contributed by atoms with Gasteiger partial charge >= 0.3 is 0 Å². The van der Waals surface area contributed by atoms with Crippen molar-refractivity contribution in [3.8, 4) is 0 Å². The van der Waals surface area contributed by atoms with Crippen LogP contribution < -0.4 is 0 Å². The number of allylic oxidation sites excluding steroid dienone is 3. The largest absolute Gasteiger partial charge is 0.102 e. The summed E-state index contributed by atoms with van der Waals surface area (Å²) in [6.07, 6.45) is 9.28. The summed E-state index contributed by atoms with van der Waals surface area (Å²) in [7, 11) is 0. The normalized spacial score (nSPS) is 18.0. The third-order valence-electron chi connectivity index (χ3n) is 3.19. The van der Waals surface area contributed by atoms with Gasteiger partial charge in [0, 0.05) is 0 Å². The van der Waals surface area contributed by atoms with Crippen molar-refractivity contribution in [2.45, 2.75) is 47.5 Å². The lowest BCUT2D eigenvalue weighted by Gasteiger charge is -2.17. The third-order valence-corrected chi connectivity index (χ3v) is 3.19. The molecule has 0 aromatic carbocycles. The minimum Gasteiger partial charge on any atom is -0.102 e. The molecule has 0 aliphatic carbocycles. The minimum atomic E-state index is 0.504. The molecule has 0 spiro atoms. The fraction of sp³-hybridized carbons (Fsp3) is 0.733. The first kappa shape index (κ1) is 14.5. The van der Waals surface area contributed by atoms with E-state index in [9.17, 15) is 0 Å². The van der Waals surface area contributed by atoms with Crippen LogP contribution in [0.15, 0.2) is 24.8 Å². The second kappa shape index (κ2) is 7.73. The molecule has 0 saturated heterocycles. The lowest BCUT2D eigenvalue weighted by atomic mass is 9.88. The van der Waals surface area contributed by atoms with Gasteiger partial charge in [0.1, 0.15) is 0 Å². The van der Waals surface area contributed by atoms with Gasteiger partial charge in [-0.05, 0) is 30.1 Å². The van der Waals surface area contributed by atoms with Crippen LogP contribution in [-0.4, -0.2) is 0 Å². The van der Waals surface area contributed by atoms with E-state index in [1.165, 1.54) is 12.8 Å². The van der Waals surface area contributed by atoms with Gasteiger partial charge < -0.3 is 0 Å². The zero-order valence-electron chi connectivity index (χ0n) is 11.2. The van der Waals surface area contributed by atoms with E-state index in [4.69, 9.17) is 0 Å². The molecule has 0 aliphatic rings. The van der Waals surface area contributed by atoms with Crippen LogP contribution in [0.5, 0.6) is 0 Å². The van der Waals surface area contributed by atoms with Crippen molar-refractivity contribution in [1.82, 2.24) is 0 Å². The predicted molar refractivity (Wildman–Crippen MR) is 70.9 cm³/mol. The van der Waals surface area contributed by atoms with Crippen molar-refractivity contribution < 1.29 is 0 Å². The van der Waals surface area contributed by atoms with Gasteiger partial charge in [-0.1, -0.05) is 59.3 Å². The first-order chi connectivity index (χ1) is 6.97. The van der Waals surface area contributed by atoms with Crippen molar-refractivity contribution in [3.05, 3.63) is 24.8 Å². The highest BCUT2D eigenvalue weighted by Crippen LogP contribution is 2.21. The van der Waals surface area contributed by atoms with Gasteiger partial charge in [-0.2, -0.15) is 0 Å². The molecule has 0 heteroatoms. The molecule has 0 nitrogen and oxygen atoms in total. The summed E-state index contributed by atoms with van der Waals surface area (Å²) in [4.78, 5) is 0. The summed E-state index contributed by atoms with van der Waals surface area (Å²) in [5.74, 6) is 2.81. The molecule has 15 heavy (non-hydrogen) atoms. The molecule has 0 rings (SSSR count). The standard InChI is InChI=1S/C15H28/c1-7-13(4)9-11-15(6)14(5)10-8-12(2)3/h7,9,11-15H,1,8,10H2,2-6H3/b11-9-. The van der Waals surface area contributed by atoms with Crippen LogP contribution in [0.25, 0.3) is 0 Å². The molecular weight excluding hydrogens is 180 g/mol. The molecule has 0 fully saturated rings. The summed E-state index contributed by atoms with van der Waals surface area (Å²) in [6.45, 7) is 15.2. The Hall–Kier alpha value is -0.520. The Morgan fingerprint density at radius 3 is 2.00 bits per heavy atom. The molecule has 0 heterocycles. The lowest BCUT2D eigenvalue weighted by Crippen LogP contribution is -2.07. The number of hydrogen-bond donors (Lipinski definition) is 0. The maximum absolute atomic E-state index is 3.79. The Labute approximate surface area is 96.5 Å². The zero-order valence-corrected chi connectivity index (χ0v) is 11.2. The molecule has 0 aromatic rings.